The second-order valence-corrected chi connectivity index (χ2v) is 13.2. The van der Waals surface area contributed by atoms with Crippen LogP contribution in [0.4, 0.5) is 0 Å². The number of benzene rings is 1. The van der Waals surface area contributed by atoms with Gasteiger partial charge in [0, 0.05) is 6.42 Å². The highest BCUT2D eigenvalue weighted by molar-refractivity contribution is 5.88. The SMILES string of the molecule is CC(C)(C)C1=CC(O)(O)CC(C(C)(C)C)=C1c1c(C(C)(C)C)cccc1C(C)(C)C. The van der Waals surface area contributed by atoms with E-state index in [1.807, 2.05) is 0 Å². The van der Waals surface area contributed by atoms with E-state index in [0.717, 1.165) is 11.1 Å². The van der Waals surface area contributed by atoms with Gasteiger partial charge in [0.2, 0.25) is 0 Å². The summed E-state index contributed by atoms with van der Waals surface area (Å²) < 4.78 is 0. The molecule has 2 heteroatoms. The van der Waals surface area contributed by atoms with Crippen molar-refractivity contribution in [1.29, 1.82) is 0 Å². The Bertz CT molecular complexity index is 835. The summed E-state index contributed by atoms with van der Waals surface area (Å²) in [7, 11) is 0. The minimum absolute atomic E-state index is 0.0391. The van der Waals surface area contributed by atoms with Crippen LogP contribution < -0.4 is 0 Å². The summed E-state index contributed by atoms with van der Waals surface area (Å²) in [4.78, 5) is 0. The van der Waals surface area contributed by atoms with E-state index in [0.29, 0.717) is 0 Å². The summed E-state index contributed by atoms with van der Waals surface area (Å²) in [5.74, 6) is -1.83. The zero-order chi connectivity index (χ0) is 23.5. The largest absolute Gasteiger partial charge is 0.362 e. The third-order valence-electron chi connectivity index (χ3n) is 6.03. The Morgan fingerprint density at radius 3 is 1.43 bits per heavy atom. The van der Waals surface area contributed by atoms with Gasteiger partial charge in [-0.25, -0.2) is 0 Å². The van der Waals surface area contributed by atoms with Gasteiger partial charge in [0.15, 0.2) is 5.79 Å². The minimum Gasteiger partial charge on any atom is -0.362 e. The average molecular weight is 413 g/mol. The molecule has 0 aliphatic heterocycles. The fraction of sp³-hybridized carbons (Fsp3) is 0.643. The van der Waals surface area contributed by atoms with Crippen molar-refractivity contribution < 1.29 is 10.2 Å². The van der Waals surface area contributed by atoms with Gasteiger partial charge >= 0.3 is 0 Å². The molecule has 0 saturated heterocycles. The van der Waals surface area contributed by atoms with Crippen molar-refractivity contribution in [2.24, 2.45) is 10.8 Å². The van der Waals surface area contributed by atoms with Gasteiger partial charge in [-0.05, 0) is 55.6 Å². The molecule has 1 aliphatic carbocycles. The Morgan fingerprint density at radius 1 is 0.667 bits per heavy atom. The number of rotatable bonds is 1. The summed E-state index contributed by atoms with van der Waals surface area (Å²) in [6, 6.07) is 6.67. The molecular weight excluding hydrogens is 368 g/mol. The van der Waals surface area contributed by atoms with Crippen molar-refractivity contribution in [3.8, 4) is 0 Å². The van der Waals surface area contributed by atoms with Crippen molar-refractivity contribution in [2.45, 2.75) is 106 Å². The molecule has 2 rings (SSSR count). The normalized spacial score (nSPS) is 18.5. The van der Waals surface area contributed by atoms with E-state index in [1.165, 1.54) is 22.3 Å². The Kier molecular flexibility index (Phi) is 6.09. The number of hydrogen-bond donors (Lipinski definition) is 2. The van der Waals surface area contributed by atoms with E-state index in [4.69, 9.17) is 0 Å². The first kappa shape index (κ1) is 24.9. The van der Waals surface area contributed by atoms with Crippen LogP contribution in [0.15, 0.2) is 35.4 Å². The zero-order valence-electron chi connectivity index (χ0n) is 21.4. The van der Waals surface area contributed by atoms with Crippen LogP contribution >= 0.6 is 0 Å². The van der Waals surface area contributed by atoms with Gasteiger partial charge in [-0.15, -0.1) is 0 Å². The highest BCUT2D eigenvalue weighted by atomic mass is 16.5. The lowest BCUT2D eigenvalue weighted by Gasteiger charge is -2.42. The number of hydrogen-bond acceptors (Lipinski definition) is 2. The van der Waals surface area contributed by atoms with Gasteiger partial charge in [0.05, 0.1) is 0 Å². The van der Waals surface area contributed by atoms with Crippen molar-refractivity contribution in [1.82, 2.24) is 0 Å². The fourth-order valence-corrected chi connectivity index (χ4v) is 4.45. The van der Waals surface area contributed by atoms with Crippen molar-refractivity contribution in [2.75, 3.05) is 0 Å². The van der Waals surface area contributed by atoms with E-state index < -0.39 is 5.79 Å². The van der Waals surface area contributed by atoms with E-state index in [2.05, 4.69) is 101 Å². The molecule has 0 amide bonds. The van der Waals surface area contributed by atoms with Gasteiger partial charge in [0.25, 0.3) is 0 Å². The van der Waals surface area contributed by atoms with Gasteiger partial charge in [-0.2, -0.15) is 0 Å². The Hall–Kier alpha value is -1.38. The Balaban J connectivity index is 3.14. The van der Waals surface area contributed by atoms with Gasteiger partial charge in [0.1, 0.15) is 0 Å². The predicted octanol–water partition coefficient (Wildman–Crippen LogP) is 7.14. The molecule has 0 unspecified atom stereocenters. The molecule has 1 aromatic rings. The maximum atomic E-state index is 10.8. The van der Waals surface area contributed by atoms with Crippen molar-refractivity contribution >= 4 is 5.57 Å². The first-order valence-corrected chi connectivity index (χ1v) is 11.2. The van der Waals surface area contributed by atoms with E-state index in [-0.39, 0.29) is 28.1 Å². The van der Waals surface area contributed by atoms with Gasteiger partial charge in [-0.3, -0.25) is 0 Å². The molecule has 2 nitrogen and oxygen atoms in total. The smallest absolute Gasteiger partial charge is 0.187 e. The fourth-order valence-electron chi connectivity index (χ4n) is 4.45. The second-order valence-electron chi connectivity index (χ2n) is 13.2. The first-order chi connectivity index (χ1) is 13.2. The van der Waals surface area contributed by atoms with Crippen LogP contribution in [-0.4, -0.2) is 16.0 Å². The number of allylic oxidation sites excluding steroid dienone is 2. The molecule has 0 heterocycles. The van der Waals surface area contributed by atoms with E-state index in [9.17, 15) is 10.2 Å². The maximum absolute atomic E-state index is 10.8. The second kappa shape index (κ2) is 7.35. The lowest BCUT2D eigenvalue weighted by Crippen LogP contribution is -2.36. The maximum Gasteiger partial charge on any atom is 0.187 e. The van der Waals surface area contributed by atoms with Crippen molar-refractivity contribution in [3.63, 3.8) is 0 Å². The third kappa shape index (κ3) is 5.08. The summed E-state index contributed by atoms with van der Waals surface area (Å²) in [6.45, 7) is 26.6. The molecule has 0 bridgehead atoms. The molecule has 0 spiro atoms. The van der Waals surface area contributed by atoms with Crippen LogP contribution in [0, 0.1) is 10.8 Å². The molecule has 0 aromatic heterocycles. The summed E-state index contributed by atoms with van der Waals surface area (Å²) >= 11 is 0. The molecule has 1 aliphatic rings. The zero-order valence-corrected chi connectivity index (χ0v) is 21.4. The van der Waals surface area contributed by atoms with Gasteiger partial charge < -0.3 is 10.2 Å². The van der Waals surface area contributed by atoms with Crippen LogP contribution in [0.5, 0.6) is 0 Å². The monoisotopic (exact) mass is 412 g/mol. The summed E-state index contributed by atoms with van der Waals surface area (Å²) in [5.41, 5.74) is 6.73. The third-order valence-corrected chi connectivity index (χ3v) is 6.03. The predicted molar refractivity (Wildman–Crippen MR) is 130 cm³/mol. The quantitative estimate of drug-likeness (QED) is 0.481. The molecule has 2 N–H and O–H groups in total. The van der Waals surface area contributed by atoms with Gasteiger partial charge in [-0.1, -0.05) is 107 Å². The summed E-state index contributed by atoms with van der Waals surface area (Å²) in [5, 5.41) is 21.6. The molecule has 0 saturated carbocycles. The van der Waals surface area contributed by atoms with Crippen LogP contribution in [-0.2, 0) is 10.8 Å². The molecule has 0 atom stereocenters. The van der Waals surface area contributed by atoms with Crippen molar-refractivity contribution in [3.05, 3.63) is 52.1 Å². The molecule has 168 valence electrons. The molecule has 0 fully saturated rings. The molecule has 0 radical (unpaired) electrons. The van der Waals surface area contributed by atoms with E-state index >= 15 is 0 Å². The van der Waals surface area contributed by atoms with Crippen LogP contribution in [0.25, 0.3) is 5.57 Å². The topological polar surface area (TPSA) is 40.5 Å². The van der Waals surface area contributed by atoms with Crippen LogP contribution in [0.3, 0.4) is 0 Å². The average Bonchev–Trinajstić information content (AvgIpc) is 2.49. The number of aliphatic hydroxyl groups is 2. The molecule has 1 aromatic carbocycles. The Morgan fingerprint density at radius 2 is 1.10 bits per heavy atom. The highest BCUT2D eigenvalue weighted by Crippen LogP contribution is 2.52. The van der Waals surface area contributed by atoms with Crippen LogP contribution in [0.1, 0.15) is 106 Å². The van der Waals surface area contributed by atoms with Crippen LogP contribution in [0.2, 0.25) is 0 Å². The minimum atomic E-state index is -1.83. The first-order valence-electron chi connectivity index (χ1n) is 11.2. The molecule has 30 heavy (non-hydrogen) atoms. The van der Waals surface area contributed by atoms with E-state index in [1.54, 1.807) is 6.08 Å². The molecular formula is C28H44O2. The Labute approximate surface area is 185 Å². The standard InChI is InChI=1S/C28H44O2/c1-24(2,3)18-14-13-15-19(25(4,5)6)22(18)23-20(26(7,8)9)16-28(29,30)17-21(23)27(10,11)12/h13-16,29-30H,17H2,1-12H3. The lowest BCUT2D eigenvalue weighted by molar-refractivity contribution is -0.120. The lowest BCUT2D eigenvalue weighted by atomic mass is 9.64. The summed E-state index contributed by atoms with van der Waals surface area (Å²) in [6.07, 6.45) is 1.93. The highest BCUT2D eigenvalue weighted by Gasteiger charge is 2.41.